The van der Waals surface area contributed by atoms with Gasteiger partial charge in [-0.05, 0) is 40.2 Å². The number of amides is 5. The Morgan fingerprint density at radius 1 is 1.22 bits per heavy atom. The molecule has 3 rings (SSSR count). The lowest BCUT2D eigenvalue weighted by atomic mass is 10.1. The Morgan fingerprint density at radius 3 is 2.59 bits per heavy atom. The molecule has 0 aromatic heterocycles. The summed E-state index contributed by atoms with van der Waals surface area (Å²) in [5.41, 5.74) is 4.46. The van der Waals surface area contributed by atoms with Gasteiger partial charge >= 0.3 is 6.03 Å². The lowest BCUT2D eigenvalue weighted by Gasteiger charge is -2.26. The Labute approximate surface area is 196 Å². The van der Waals surface area contributed by atoms with Crippen molar-refractivity contribution in [2.45, 2.75) is 0 Å². The van der Waals surface area contributed by atoms with Crippen molar-refractivity contribution in [2.75, 3.05) is 11.5 Å². The summed E-state index contributed by atoms with van der Waals surface area (Å²) in [4.78, 5) is 59.9. The fourth-order valence-corrected chi connectivity index (χ4v) is 4.15. The van der Waals surface area contributed by atoms with Gasteiger partial charge < -0.3 is 10.5 Å². The number of carbonyl (C=O) groups excluding carboxylic acids is 4. The molecule has 0 radical (unpaired) electrons. The predicted molar refractivity (Wildman–Crippen MR) is 119 cm³/mol. The zero-order valence-electron chi connectivity index (χ0n) is 15.8. The van der Waals surface area contributed by atoms with Crippen LogP contribution in [-0.2, 0) is 14.4 Å². The number of nitrogens with one attached hydrogen (secondary N) is 1. The third-order valence-corrected chi connectivity index (χ3v) is 5.14. The minimum atomic E-state index is -1.06. The van der Waals surface area contributed by atoms with E-state index in [1.165, 1.54) is 30.3 Å². The first-order valence-corrected chi connectivity index (χ1v) is 10.2. The second kappa shape index (κ2) is 9.28. The Bertz CT molecular complexity index is 1210. The summed E-state index contributed by atoms with van der Waals surface area (Å²) in [7, 11) is 0. The number of hydrogen-bond donors (Lipinski definition) is 2. The number of urea groups is 1. The SMILES string of the molecule is NC(=O)COc1c(Br)cc(Br)cc1/C=C1/C(=O)NC(=O)N(c2cccc([N+](=O)[O-])c2)C1=O. The smallest absolute Gasteiger partial charge is 0.335 e. The van der Waals surface area contributed by atoms with Crippen LogP contribution in [0.25, 0.3) is 6.08 Å². The van der Waals surface area contributed by atoms with E-state index in [9.17, 15) is 29.3 Å². The maximum Gasteiger partial charge on any atom is 0.335 e. The van der Waals surface area contributed by atoms with Crippen LogP contribution in [0.3, 0.4) is 0 Å². The number of rotatable bonds is 6. The molecule has 0 atom stereocenters. The van der Waals surface area contributed by atoms with Crippen LogP contribution >= 0.6 is 31.9 Å². The Balaban J connectivity index is 2.08. The van der Waals surface area contributed by atoms with Gasteiger partial charge in [-0.15, -0.1) is 0 Å². The van der Waals surface area contributed by atoms with Gasteiger partial charge in [0.05, 0.1) is 15.1 Å². The molecule has 11 nitrogen and oxygen atoms in total. The van der Waals surface area contributed by atoms with Crippen LogP contribution in [0.2, 0.25) is 0 Å². The van der Waals surface area contributed by atoms with Crippen LogP contribution in [0, 0.1) is 10.1 Å². The van der Waals surface area contributed by atoms with E-state index in [1.807, 2.05) is 5.32 Å². The Kier molecular flexibility index (Phi) is 6.69. The van der Waals surface area contributed by atoms with E-state index in [-0.39, 0.29) is 22.7 Å². The van der Waals surface area contributed by atoms with E-state index < -0.39 is 40.9 Å². The molecule has 1 saturated heterocycles. The fraction of sp³-hybridized carbons (Fsp3) is 0.0526. The van der Waals surface area contributed by atoms with Crippen molar-refractivity contribution < 1.29 is 28.8 Å². The van der Waals surface area contributed by atoms with Crippen molar-refractivity contribution >= 4 is 73.1 Å². The number of anilines is 1. The van der Waals surface area contributed by atoms with Gasteiger partial charge in [0, 0.05) is 22.2 Å². The topological polar surface area (TPSA) is 162 Å². The van der Waals surface area contributed by atoms with E-state index in [1.54, 1.807) is 6.07 Å². The van der Waals surface area contributed by atoms with Crippen LogP contribution < -0.4 is 20.7 Å². The molecule has 2 aromatic rings. The van der Waals surface area contributed by atoms with Crippen molar-refractivity contribution in [2.24, 2.45) is 5.73 Å². The maximum absolute atomic E-state index is 13.0. The standard InChI is InChI=1S/C19H12Br2N4O7/c20-10-4-9(16(14(21)6-10)32-8-15(22)26)5-13-17(27)23-19(29)24(18(13)28)11-2-1-3-12(7-11)25(30)31/h1-7H,8H2,(H2,22,26)(H,23,27,29)/b13-5-. The van der Waals surface area contributed by atoms with Crippen LogP contribution in [0.5, 0.6) is 5.75 Å². The number of non-ortho nitro benzene ring substituents is 1. The second-order valence-electron chi connectivity index (χ2n) is 6.30. The fourth-order valence-electron chi connectivity index (χ4n) is 2.78. The first kappa shape index (κ1) is 23.1. The monoisotopic (exact) mass is 566 g/mol. The highest BCUT2D eigenvalue weighted by Crippen LogP contribution is 2.35. The molecule has 13 heteroatoms. The average molecular weight is 568 g/mol. The highest BCUT2D eigenvalue weighted by atomic mass is 79.9. The van der Waals surface area contributed by atoms with Gasteiger partial charge in [0.15, 0.2) is 6.61 Å². The minimum absolute atomic E-state index is 0.0966. The summed E-state index contributed by atoms with van der Waals surface area (Å²) in [5, 5.41) is 13.1. The molecule has 164 valence electrons. The molecular formula is C19H12Br2N4O7. The number of primary amides is 1. The number of halogens is 2. The van der Waals surface area contributed by atoms with E-state index in [0.717, 1.165) is 6.07 Å². The Hall–Kier alpha value is -3.58. The maximum atomic E-state index is 13.0. The number of nitrogens with two attached hydrogens (primary N) is 1. The largest absolute Gasteiger partial charge is 0.482 e. The first-order chi connectivity index (χ1) is 15.1. The first-order valence-electron chi connectivity index (χ1n) is 8.64. The van der Waals surface area contributed by atoms with Crippen LogP contribution in [0.15, 0.2) is 50.9 Å². The molecule has 1 aliphatic rings. The van der Waals surface area contributed by atoms with Gasteiger partial charge in [0.1, 0.15) is 11.3 Å². The molecule has 0 unspecified atom stereocenters. The summed E-state index contributed by atoms with van der Waals surface area (Å²) < 4.78 is 6.34. The van der Waals surface area contributed by atoms with Gasteiger partial charge in [-0.3, -0.25) is 29.8 Å². The Morgan fingerprint density at radius 2 is 1.94 bits per heavy atom. The molecule has 1 heterocycles. The van der Waals surface area contributed by atoms with Gasteiger partial charge in [0.25, 0.3) is 23.4 Å². The molecule has 32 heavy (non-hydrogen) atoms. The zero-order valence-corrected chi connectivity index (χ0v) is 19.0. The average Bonchev–Trinajstić information content (AvgIpc) is 2.70. The van der Waals surface area contributed by atoms with Gasteiger partial charge in [-0.25, -0.2) is 9.69 Å². The van der Waals surface area contributed by atoms with Crippen LogP contribution in [-0.4, -0.2) is 35.3 Å². The van der Waals surface area contributed by atoms with Crippen molar-refractivity contribution in [1.29, 1.82) is 0 Å². The van der Waals surface area contributed by atoms with Crippen molar-refractivity contribution in [3.05, 3.63) is 66.6 Å². The van der Waals surface area contributed by atoms with E-state index in [2.05, 4.69) is 31.9 Å². The molecule has 0 aliphatic carbocycles. The number of nitro benzene ring substituents is 1. The summed E-state index contributed by atoms with van der Waals surface area (Å²) in [6.45, 7) is -0.463. The van der Waals surface area contributed by atoms with Gasteiger partial charge in [-0.2, -0.15) is 0 Å². The summed E-state index contributed by atoms with van der Waals surface area (Å²) in [5.74, 6) is -2.60. The summed E-state index contributed by atoms with van der Waals surface area (Å²) >= 11 is 6.55. The molecule has 0 spiro atoms. The quantitative estimate of drug-likeness (QED) is 0.234. The number of benzene rings is 2. The molecule has 2 aromatic carbocycles. The highest BCUT2D eigenvalue weighted by molar-refractivity contribution is 9.11. The lowest BCUT2D eigenvalue weighted by Crippen LogP contribution is -2.54. The number of hydrogen-bond acceptors (Lipinski definition) is 7. The predicted octanol–water partition coefficient (Wildman–Crippen LogP) is 2.65. The summed E-state index contributed by atoms with van der Waals surface area (Å²) in [6, 6.07) is 6.91. The normalized spacial score (nSPS) is 15.0. The van der Waals surface area contributed by atoms with Gasteiger partial charge in [0.2, 0.25) is 0 Å². The summed E-state index contributed by atoms with van der Waals surface area (Å²) in [6.07, 6.45) is 1.17. The molecule has 1 fully saturated rings. The van der Waals surface area contributed by atoms with Crippen molar-refractivity contribution in [3.63, 3.8) is 0 Å². The molecule has 1 aliphatic heterocycles. The number of nitrogens with zero attached hydrogens (tertiary/aromatic N) is 2. The molecule has 5 amide bonds. The molecular weight excluding hydrogens is 556 g/mol. The van der Waals surface area contributed by atoms with Gasteiger partial charge in [-0.1, -0.05) is 22.0 Å². The van der Waals surface area contributed by atoms with Crippen LogP contribution in [0.1, 0.15) is 5.56 Å². The molecule has 0 bridgehead atoms. The minimum Gasteiger partial charge on any atom is -0.482 e. The number of ether oxygens (including phenoxy) is 1. The third kappa shape index (κ3) is 4.84. The lowest BCUT2D eigenvalue weighted by molar-refractivity contribution is -0.384. The second-order valence-corrected chi connectivity index (χ2v) is 8.07. The molecule has 0 saturated carbocycles. The van der Waals surface area contributed by atoms with E-state index in [0.29, 0.717) is 13.8 Å². The number of barbiturate groups is 1. The van der Waals surface area contributed by atoms with E-state index >= 15 is 0 Å². The van der Waals surface area contributed by atoms with Crippen molar-refractivity contribution in [3.8, 4) is 5.75 Å². The number of carbonyl (C=O) groups is 4. The van der Waals surface area contributed by atoms with Crippen molar-refractivity contribution in [1.82, 2.24) is 5.32 Å². The number of imide groups is 2. The van der Waals surface area contributed by atoms with E-state index in [4.69, 9.17) is 10.5 Å². The highest BCUT2D eigenvalue weighted by Gasteiger charge is 2.37. The molecule has 3 N–H and O–H groups in total. The zero-order chi connectivity index (χ0) is 23.6. The third-order valence-electron chi connectivity index (χ3n) is 4.10. The number of nitro groups is 1. The van der Waals surface area contributed by atoms with Crippen LogP contribution in [0.4, 0.5) is 16.2 Å².